The van der Waals surface area contributed by atoms with Crippen LogP contribution in [-0.2, 0) is 11.2 Å². The number of carbonyl (C=O) groups is 1. The average molecular weight is 254 g/mol. The van der Waals surface area contributed by atoms with Crippen LogP contribution in [0.5, 0.6) is 0 Å². The molecular formula is C13H16ClNO2. The van der Waals surface area contributed by atoms with Crippen LogP contribution in [0.2, 0.25) is 0 Å². The summed E-state index contributed by atoms with van der Waals surface area (Å²) in [6.45, 7) is 5.05. The average Bonchev–Trinajstić information content (AvgIpc) is 2.26. The van der Waals surface area contributed by atoms with Crippen LogP contribution in [0.1, 0.15) is 29.8 Å². The number of carbonyl (C=O) groups excluding carboxylic acids is 1. The SMILES string of the molecule is COC(=O)c1cccc2c1CC(C)(C)CN2Cl. The Morgan fingerprint density at radius 1 is 1.47 bits per heavy atom. The molecule has 17 heavy (non-hydrogen) atoms. The Morgan fingerprint density at radius 3 is 2.82 bits per heavy atom. The van der Waals surface area contributed by atoms with Gasteiger partial charge >= 0.3 is 5.97 Å². The van der Waals surface area contributed by atoms with E-state index in [1.54, 1.807) is 10.5 Å². The highest BCUT2D eigenvalue weighted by Gasteiger charge is 2.32. The molecule has 0 spiro atoms. The zero-order valence-corrected chi connectivity index (χ0v) is 11.0. The molecule has 1 heterocycles. The number of fused-ring (bicyclic) bond motifs is 1. The molecule has 0 N–H and O–H groups in total. The second-order valence-corrected chi connectivity index (χ2v) is 5.56. The molecule has 0 saturated carbocycles. The van der Waals surface area contributed by atoms with Crippen LogP contribution in [-0.4, -0.2) is 19.6 Å². The summed E-state index contributed by atoms with van der Waals surface area (Å²) in [5.41, 5.74) is 2.56. The first-order chi connectivity index (χ1) is 7.94. The number of halogens is 1. The van der Waals surface area contributed by atoms with E-state index in [-0.39, 0.29) is 11.4 Å². The standard InChI is InChI=1S/C13H16ClNO2/c1-13(2)7-10-9(12(16)17-3)5-4-6-11(10)15(14)8-13/h4-6H,7-8H2,1-3H3. The zero-order chi connectivity index (χ0) is 12.6. The van der Waals surface area contributed by atoms with Crippen molar-refractivity contribution in [3.8, 4) is 0 Å². The van der Waals surface area contributed by atoms with E-state index < -0.39 is 0 Å². The normalized spacial score (nSPS) is 17.5. The Kier molecular flexibility index (Phi) is 3.04. The van der Waals surface area contributed by atoms with Crippen molar-refractivity contribution in [2.75, 3.05) is 18.1 Å². The predicted molar refractivity (Wildman–Crippen MR) is 68.5 cm³/mol. The lowest BCUT2D eigenvalue weighted by Crippen LogP contribution is -2.36. The van der Waals surface area contributed by atoms with Gasteiger partial charge in [0.05, 0.1) is 18.4 Å². The second-order valence-electron chi connectivity index (χ2n) is 5.16. The quantitative estimate of drug-likeness (QED) is 0.569. The second kappa shape index (κ2) is 4.22. The summed E-state index contributed by atoms with van der Waals surface area (Å²) in [7, 11) is 1.40. The van der Waals surface area contributed by atoms with Crippen molar-refractivity contribution < 1.29 is 9.53 Å². The maximum absolute atomic E-state index is 11.7. The largest absolute Gasteiger partial charge is 0.465 e. The van der Waals surface area contributed by atoms with Crippen molar-refractivity contribution in [1.82, 2.24) is 0 Å². The van der Waals surface area contributed by atoms with Gasteiger partial charge in [-0.25, -0.2) is 4.79 Å². The molecule has 1 aromatic carbocycles. The lowest BCUT2D eigenvalue weighted by atomic mass is 9.80. The molecule has 1 aromatic rings. The van der Waals surface area contributed by atoms with E-state index in [1.165, 1.54) is 7.11 Å². The van der Waals surface area contributed by atoms with Crippen molar-refractivity contribution >= 4 is 23.4 Å². The molecule has 4 heteroatoms. The molecule has 0 bridgehead atoms. The molecule has 0 aliphatic carbocycles. The van der Waals surface area contributed by atoms with Crippen LogP contribution in [0.4, 0.5) is 5.69 Å². The fraction of sp³-hybridized carbons (Fsp3) is 0.462. The van der Waals surface area contributed by atoms with Crippen molar-refractivity contribution in [2.24, 2.45) is 5.41 Å². The van der Waals surface area contributed by atoms with Gasteiger partial charge < -0.3 is 4.74 Å². The molecule has 3 nitrogen and oxygen atoms in total. The van der Waals surface area contributed by atoms with Crippen LogP contribution in [0, 0.1) is 5.41 Å². The minimum Gasteiger partial charge on any atom is -0.465 e. The molecule has 0 fully saturated rings. The number of benzene rings is 1. The van der Waals surface area contributed by atoms with E-state index in [0.717, 1.165) is 24.2 Å². The van der Waals surface area contributed by atoms with E-state index >= 15 is 0 Å². The third-order valence-electron chi connectivity index (χ3n) is 3.04. The summed E-state index contributed by atoms with van der Waals surface area (Å²) in [5, 5.41) is 0. The van der Waals surface area contributed by atoms with Gasteiger partial charge in [0.2, 0.25) is 0 Å². The Balaban J connectivity index is 2.53. The molecule has 0 radical (unpaired) electrons. The lowest BCUT2D eigenvalue weighted by molar-refractivity contribution is 0.0599. The van der Waals surface area contributed by atoms with Gasteiger partial charge in [-0.15, -0.1) is 0 Å². The van der Waals surface area contributed by atoms with Crippen LogP contribution >= 0.6 is 11.8 Å². The molecule has 2 rings (SSSR count). The van der Waals surface area contributed by atoms with Crippen LogP contribution in [0.25, 0.3) is 0 Å². The van der Waals surface area contributed by atoms with E-state index in [0.29, 0.717) is 5.56 Å². The smallest absolute Gasteiger partial charge is 0.338 e. The molecule has 92 valence electrons. The fourth-order valence-electron chi connectivity index (χ4n) is 2.28. The van der Waals surface area contributed by atoms with Gasteiger partial charge in [0, 0.05) is 18.3 Å². The summed E-state index contributed by atoms with van der Waals surface area (Å²) in [5.74, 6) is -0.301. The Bertz CT molecular complexity index is 457. The third kappa shape index (κ3) is 2.25. The van der Waals surface area contributed by atoms with Crippen molar-refractivity contribution in [1.29, 1.82) is 0 Å². The predicted octanol–water partition coefficient (Wildman–Crippen LogP) is 3.02. The number of hydrogen-bond donors (Lipinski definition) is 0. The summed E-state index contributed by atoms with van der Waals surface area (Å²) < 4.78 is 6.49. The van der Waals surface area contributed by atoms with E-state index in [9.17, 15) is 4.79 Å². The zero-order valence-electron chi connectivity index (χ0n) is 10.3. The van der Waals surface area contributed by atoms with Crippen LogP contribution in [0.3, 0.4) is 0 Å². The minimum atomic E-state index is -0.301. The van der Waals surface area contributed by atoms with Gasteiger partial charge in [0.25, 0.3) is 0 Å². The molecule has 1 aliphatic heterocycles. The molecule has 0 saturated heterocycles. The Morgan fingerprint density at radius 2 is 2.18 bits per heavy atom. The number of esters is 1. The van der Waals surface area contributed by atoms with Gasteiger partial charge in [-0.05, 0) is 29.5 Å². The first-order valence-corrected chi connectivity index (χ1v) is 5.92. The minimum absolute atomic E-state index is 0.0544. The lowest BCUT2D eigenvalue weighted by Gasteiger charge is -2.37. The summed E-state index contributed by atoms with van der Waals surface area (Å²) in [6, 6.07) is 5.56. The van der Waals surface area contributed by atoms with E-state index in [2.05, 4.69) is 13.8 Å². The number of rotatable bonds is 1. The monoisotopic (exact) mass is 253 g/mol. The highest BCUT2D eigenvalue weighted by atomic mass is 35.5. The van der Waals surface area contributed by atoms with Gasteiger partial charge in [0.15, 0.2) is 0 Å². The molecule has 1 aliphatic rings. The summed E-state index contributed by atoms with van der Waals surface area (Å²) >= 11 is 6.23. The van der Waals surface area contributed by atoms with Gasteiger partial charge in [-0.3, -0.25) is 4.42 Å². The first-order valence-electron chi connectivity index (χ1n) is 5.58. The molecule has 0 aromatic heterocycles. The van der Waals surface area contributed by atoms with Gasteiger partial charge in [-0.1, -0.05) is 19.9 Å². The number of anilines is 1. The Labute approximate surface area is 106 Å². The van der Waals surface area contributed by atoms with Crippen LogP contribution < -0.4 is 4.42 Å². The van der Waals surface area contributed by atoms with Gasteiger partial charge in [0.1, 0.15) is 0 Å². The first kappa shape index (κ1) is 12.2. The maximum atomic E-state index is 11.7. The number of methoxy groups -OCH3 is 1. The van der Waals surface area contributed by atoms with Crippen molar-refractivity contribution in [2.45, 2.75) is 20.3 Å². The number of ether oxygens (including phenoxy) is 1. The number of hydrogen-bond acceptors (Lipinski definition) is 3. The summed E-state index contributed by atoms with van der Waals surface area (Å²) in [6.07, 6.45) is 0.830. The van der Waals surface area contributed by atoms with E-state index in [4.69, 9.17) is 16.5 Å². The van der Waals surface area contributed by atoms with Crippen LogP contribution in [0.15, 0.2) is 18.2 Å². The van der Waals surface area contributed by atoms with Crippen molar-refractivity contribution in [3.63, 3.8) is 0 Å². The molecule has 0 unspecified atom stereocenters. The molecule has 0 amide bonds. The Hall–Kier alpha value is -1.22. The van der Waals surface area contributed by atoms with E-state index in [1.807, 2.05) is 12.1 Å². The maximum Gasteiger partial charge on any atom is 0.338 e. The fourth-order valence-corrected chi connectivity index (χ4v) is 2.77. The third-order valence-corrected chi connectivity index (χ3v) is 3.34. The topological polar surface area (TPSA) is 29.5 Å². The van der Waals surface area contributed by atoms with Crippen molar-refractivity contribution in [3.05, 3.63) is 29.3 Å². The van der Waals surface area contributed by atoms with Gasteiger partial charge in [-0.2, -0.15) is 0 Å². The highest BCUT2D eigenvalue weighted by molar-refractivity contribution is 6.26. The number of nitrogens with zero attached hydrogens (tertiary/aromatic N) is 1. The molecule has 0 atom stereocenters. The summed E-state index contributed by atoms with van der Waals surface area (Å²) in [4.78, 5) is 11.7. The highest BCUT2D eigenvalue weighted by Crippen LogP contribution is 2.38. The molecular weight excluding hydrogens is 238 g/mol.